The normalized spacial score (nSPS) is 11.7. The van der Waals surface area contributed by atoms with Gasteiger partial charge < -0.3 is 5.73 Å². The van der Waals surface area contributed by atoms with Crippen molar-refractivity contribution in [2.24, 2.45) is 0 Å². The maximum absolute atomic E-state index is 13.5. The number of para-hydroxylation sites is 2. The number of non-ortho nitro benzene ring substituents is 1. The average Bonchev–Trinajstić information content (AvgIpc) is 2.88. The smallest absolute Gasteiger partial charge is 0.369 e. The van der Waals surface area contributed by atoms with Gasteiger partial charge in [0, 0.05) is 6.07 Å². The molecule has 0 saturated heterocycles. The zero-order valence-electron chi connectivity index (χ0n) is 12.6. The number of benzene rings is 2. The number of nitrogens with zero attached hydrogens (tertiary/aromatic N) is 4. The highest BCUT2D eigenvalue weighted by molar-refractivity contribution is 5.83. The maximum Gasteiger partial charge on any atom is 0.418 e. The summed E-state index contributed by atoms with van der Waals surface area (Å²) < 4.78 is 41.4. The summed E-state index contributed by atoms with van der Waals surface area (Å²) in [6, 6.07) is 6.59. The molecular weight excluding hydrogens is 359 g/mol. The fourth-order valence-corrected chi connectivity index (χ4v) is 2.58. The van der Waals surface area contributed by atoms with Crippen LogP contribution >= 0.6 is 0 Å². The average molecular weight is 367 g/mol. The van der Waals surface area contributed by atoms with E-state index in [1.54, 1.807) is 6.07 Å². The number of imidazole rings is 1. The minimum Gasteiger partial charge on any atom is -0.369 e. The molecule has 134 valence electrons. The van der Waals surface area contributed by atoms with E-state index in [1.807, 2.05) is 0 Å². The number of alkyl halides is 3. The van der Waals surface area contributed by atoms with Gasteiger partial charge >= 0.3 is 11.9 Å². The Morgan fingerprint density at radius 2 is 1.73 bits per heavy atom. The van der Waals surface area contributed by atoms with Crippen molar-refractivity contribution in [1.29, 1.82) is 0 Å². The van der Waals surface area contributed by atoms with Gasteiger partial charge in [0.15, 0.2) is 0 Å². The lowest BCUT2D eigenvalue weighted by Gasteiger charge is -2.15. The number of halogens is 3. The molecule has 0 amide bonds. The third-order valence-corrected chi connectivity index (χ3v) is 3.60. The Morgan fingerprint density at radius 3 is 2.31 bits per heavy atom. The van der Waals surface area contributed by atoms with Crippen LogP contribution < -0.4 is 5.73 Å². The molecule has 26 heavy (non-hydrogen) atoms. The van der Waals surface area contributed by atoms with E-state index >= 15 is 0 Å². The number of aromatic nitrogens is 2. The number of nitro groups is 2. The summed E-state index contributed by atoms with van der Waals surface area (Å²) >= 11 is 0. The van der Waals surface area contributed by atoms with Crippen molar-refractivity contribution in [1.82, 2.24) is 9.55 Å². The van der Waals surface area contributed by atoms with Crippen LogP contribution in [0.2, 0.25) is 0 Å². The highest BCUT2D eigenvalue weighted by atomic mass is 19.4. The number of nitro benzene ring substituents is 2. The molecule has 0 atom stereocenters. The molecular formula is C14H8F3N5O4. The van der Waals surface area contributed by atoms with Crippen LogP contribution in [0.4, 0.5) is 30.5 Å². The van der Waals surface area contributed by atoms with Crippen LogP contribution in [0.1, 0.15) is 5.56 Å². The number of nitrogens with two attached hydrogens (primary N) is 1. The van der Waals surface area contributed by atoms with Crippen LogP contribution in [0.3, 0.4) is 0 Å². The lowest BCUT2D eigenvalue weighted by Crippen LogP contribution is -2.15. The first-order valence-electron chi connectivity index (χ1n) is 6.88. The summed E-state index contributed by atoms with van der Waals surface area (Å²) in [6.07, 6.45) is -5.11. The third-order valence-electron chi connectivity index (χ3n) is 3.60. The molecule has 2 aromatic carbocycles. The number of hydrogen-bond acceptors (Lipinski definition) is 6. The van der Waals surface area contributed by atoms with E-state index in [1.165, 1.54) is 18.2 Å². The second kappa shape index (κ2) is 5.68. The molecule has 3 rings (SSSR count). The van der Waals surface area contributed by atoms with E-state index in [2.05, 4.69) is 4.98 Å². The molecule has 9 nitrogen and oxygen atoms in total. The van der Waals surface area contributed by atoms with Gasteiger partial charge in [0.2, 0.25) is 5.95 Å². The number of nitrogen functional groups attached to an aromatic ring is 1. The highest BCUT2D eigenvalue weighted by Gasteiger charge is 2.41. The van der Waals surface area contributed by atoms with Crippen LogP contribution in [0.5, 0.6) is 0 Å². The second-order valence-electron chi connectivity index (χ2n) is 5.17. The van der Waals surface area contributed by atoms with E-state index in [9.17, 15) is 33.4 Å². The van der Waals surface area contributed by atoms with Crippen molar-refractivity contribution in [3.8, 4) is 5.69 Å². The predicted molar refractivity (Wildman–Crippen MR) is 83.8 cm³/mol. The predicted octanol–water partition coefficient (Wildman–Crippen LogP) is 3.44. The molecule has 0 unspecified atom stereocenters. The number of fused-ring (bicyclic) bond motifs is 1. The molecule has 3 aromatic rings. The van der Waals surface area contributed by atoms with Crippen LogP contribution in [0.25, 0.3) is 16.7 Å². The van der Waals surface area contributed by atoms with Crippen LogP contribution in [-0.4, -0.2) is 19.4 Å². The van der Waals surface area contributed by atoms with Crippen molar-refractivity contribution in [2.45, 2.75) is 6.18 Å². The van der Waals surface area contributed by atoms with Gasteiger partial charge in [-0.15, -0.1) is 0 Å². The molecule has 0 aliphatic heterocycles. The molecule has 0 radical (unpaired) electrons. The Hall–Kier alpha value is -3.70. The number of hydrogen-bond donors (Lipinski definition) is 1. The summed E-state index contributed by atoms with van der Waals surface area (Å²) in [4.78, 5) is 23.9. The van der Waals surface area contributed by atoms with E-state index in [0.717, 1.165) is 4.57 Å². The standard InChI is InChI=1S/C14H8F3N5O4/c15-14(16,17)8-5-7(21(23)24)6-11(22(25)26)12(8)20-10-4-2-1-3-9(10)19-13(20)18/h1-6H,(H2,18,19). The molecule has 0 spiro atoms. The molecule has 1 aromatic heterocycles. The van der Waals surface area contributed by atoms with Gasteiger partial charge in [-0.25, -0.2) is 4.98 Å². The first-order chi connectivity index (χ1) is 12.1. The lowest BCUT2D eigenvalue weighted by molar-refractivity contribution is -0.394. The van der Waals surface area contributed by atoms with Crippen molar-refractivity contribution in [2.75, 3.05) is 5.73 Å². The molecule has 1 heterocycles. The van der Waals surface area contributed by atoms with Crippen molar-refractivity contribution >= 4 is 28.4 Å². The Bertz CT molecular complexity index is 1060. The Kier molecular flexibility index (Phi) is 3.75. The first-order valence-corrected chi connectivity index (χ1v) is 6.88. The van der Waals surface area contributed by atoms with Gasteiger partial charge in [-0.1, -0.05) is 12.1 Å². The summed E-state index contributed by atoms with van der Waals surface area (Å²) in [7, 11) is 0. The van der Waals surface area contributed by atoms with Crippen LogP contribution in [0, 0.1) is 20.2 Å². The molecule has 2 N–H and O–H groups in total. The topological polar surface area (TPSA) is 130 Å². The summed E-state index contributed by atoms with van der Waals surface area (Å²) in [5.74, 6) is -0.423. The van der Waals surface area contributed by atoms with Gasteiger partial charge in [0.05, 0.1) is 32.5 Å². The molecule has 0 fully saturated rings. The SMILES string of the molecule is Nc1nc2ccccc2n1-c1c([N+](=O)[O-])cc([N+](=O)[O-])cc1C(F)(F)F. The summed E-state index contributed by atoms with van der Waals surface area (Å²) in [5.41, 5.74) is 1.33. The minimum absolute atomic E-state index is 0.0902. The van der Waals surface area contributed by atoms with Gasteiger partial charge in [-0.3, -0.25) is 24.8 Å². The van der Waals surface area contributed by atoms with Gasteiger partial charge in [0.1, 0.15) is 5.69 Å². The van der Waals surface area contributed by atoms with Gasteiger partial charge in [0.25, 0.3) is 5.69 Å². The molecule has 0 bridgehead atoms. The zero-order valence-corrected chi connectivity index (χ0v) is 12.6. The number of rotatable bonds is 3. The fraction of sp³-hybridized carbons (Fsp3) is 0.0714. The van der Waals surface area contributed by atoms with E-state index < -0.39 is 44.6 Å². The molecule has 0 saturated carbocycles. The largest absolute Gasteiger partial charge is 0.418 e. The summed E-state index contributed by atoms with van der Waals surface area (Å²) in [6.45, 7) is 0. The van der Waals surface area contributed by atoms with E-state index in [4.69, 9.17) is 5.73 Å². The number of anilines is 1. The molecule has 0 aliphatic carbocycles. The van der Waals surface area contributed by atoms with E-state index in [-0.39, 0.29) is 17.1 Å². The van der Waals surface area contributed by atoms with Gasteiger partial charge in [-0.2, -0.15) is 13.2 Å². The zero-order chi connectivity index (χ0) is 19.2. The second-order valence-corrected chi connectivity index (χ2v) is 5.17. The molecule has 12 heteroatoms. The van der Waals surface area contributed by atoms with Crippen molar-refractivity contribution in [3.63, 3.8) is 0 Å². The Morgan fingerprint density at radius 1 is 1.08 bits per heavy atom. The molecule has 0 aliphatic rings. The Balaban J connectivity index is 2.51. The minimum atomic E-state index is -5.11. The maximum atomic E-state index is 13.5. The quantitative estimate of drug-likeness (QED) is 0.557. The summed E-state index contributed by atoms with van der Waals surface area (Å²) in [5, 5.41) is 22.3. The fourth-order valence-electron chi connectivity index (χ4n) is 2.58. The third kappa shape index (κ3) is 2.66. The monoisotopic (exact) mass is 367 g/mol. The lowest BCUT2D eigenvalue weighted by atomic mass is 10.1. The van der Waals surface area contributed by atoms with Crippen LogP contribution in [-0.2, 0) is 6.18 Å². The highest BCUT2D eigenvalue weighted by Crippen LogP contribution is 2.43. The van der Waals surface area contributed by atoms with E-state index in [0.29, 0.717) is 6.07 Å². The van der Waals surface area contributed by atoms with Crippen LogP contribution in [0.15, 0.2) is 36.4 Å². The Labute approximate surface area is 141 Å². The van der Waals surface area contributed by atoms with Crippen molar-refractivity contribution in [3.05, 3.63) is 62.2 Å². The first kappa shape index (κ1) is 17.1. The van der Waals surface area contributed by atoms with Gasteiger partial charge in [-0.05, 0) is 12.1 Å². The van der Waals surface area contributed by atoms with Crippen molar-refractivity contribution < 1.29 is 23.0 Å².